The van der Waals surface area contributed by atoms with E-state index in [2.05, 4.69) is 5.32 Å². The van der Waals surface area contributed by atoms with E-state index in [1.54, 1.807) is 4.90 Å². The van der Waals surface area contributed by atoms with Crippen molar-refractivity contribution in [1.82, 2.24) is 9.88 Å². The second-order valence-electron chi connectivity index (χ2n) is 8.30. The third-order valence-electron chi connectivity index (χ3n) is 5.45. The number of rotatable bonds is 4. The number of hydrogen-bond donors (Lipinski definition) is 3. The van der Waals surface area contributed by atoms with Gasteiger partial charge in [0, 0.05) is 37.1 Å². The van der Waals surface area contributed by atoms with Crippen LogP contribution in [0, 0.1) is 17.5 Å². The minimum atomic E-state index is -3.67. The Morgan fingerprint density at radius 2 is 1.76 bits per heavy atom. The van der Waals surface area contributed by atoms with Crippen LogP contribution in [0.5, 0.6) is 0 Å². The first-order chi connectivity index (χ1) is 17.2. The standard InChI is InChI=1S/C22H18F3N3O4.CH4O3S/c1-11-9-27(5-4-26-11)19-8-18-13(7-16(19)25)21(30)14(10-29)20(22(31)32)28(18)17-3-2-12(23)6-15(17)24;1-5(2,3)4/h2-3,6-8,10-11,26H,4-5,9H2,1H3,(H,31,32);1H3,(H,2,3,4). The highest BCUT2D eigenvalue weighted by atomic mass is 32.2. The third-order valence-corrected chi connectivity index (χ3v) is 5.45. The Kier molecular flexibility index (Phi) is 8.05. The average molecular weight is 542 g/mol. The normalized spacial score (nSPS) is 15.7. The van der Waals surface area contributed by atoms with Gasteiger partial charge in [-0.2, -0.15) is 8.42 Å². The Balaban J connectivity index is 0.000000695. The van der Waals surface area contributed by atoms with Crippen LogP contribution in [0.3, 0.4) is 0 Å². The molecule has 198 valence electrons. The van der Waals surface area contributed by atoms with E-state index in [1.807, 2.05) is 6.92 Å². The van der Waals surface area contributed by atoms with Crippen molar-refractivity contribution in [3.05, 3.63) is 69.3 Å². The van der Waals surface area contributed by atoms with Crippen molar-refractivity contribution >= 4 is 39.0 Å². The highest BCUT2D eigenvalue weighted by molar-refractivity contribution is 7.85. The average Bonchev–Trinajstić information content (AvgIpc) is 2.78. The molecule has 2 aromatic carbocycles. The highest BCUT2D eigenvalue weighted by Gasteiger charge is 2.27. The van der Waals surface area contributed by atoms with Crippen LogP contribution in [-0.4, -0.2) is 66.8 Å². The predicted molar refractivity (Wildman–Crippen MR) is 129 cm³/mol. The van der Waals surface area contributed by atoms with Crippen molar-refractivity contribution in [3.8, 4) is 5.69 Å². The number of halogens is 3. The number of benzene rings is 2. The van der Waals surface area contributed by atoms with E-state index >= 15 is 4.39 Å². The number of nitrogens with zero attached hydrogens (tertiary/aromatic N) is 2. The van der Waals surface area contributed by atoms with Crippen LogP contribution in [0.25, 0.3) is 16.6 Å². The van der Waals surface area contributed by atoms with Gasteiger partial charge in [-0.3, -0.25) is 18.7 Å². The van der Waals surface area contributed by atoms with Gasteiger partial charge in [0.05, 0.1) is 28.7 Å². The molecule has 3 aromatic rings. The van der Waals surface area contributed by atoms with Crippen molar-refractivity contribution < 1.29 is 40.8 Å². The Labute approximate surface area is 208 Å². The number of anilines is 1. The summed E-state index contributed by atoms with van der Waals surface area (Å²) in [7, 11) is -3.67. The lowest BCUT2D eigenvalue weighted by molar-refractivity contribution is 0.0684. The van der Waals surface area contributed by atoms with Crippen molar-refractivity contribution in [2.45, 2.75) is 13.0 Å². The van der Waals surface area contributed by atoms with Gasteiger partial charge in [0.25, 0.3) is 10.1 Å². The first-order valence-electron chi connectivity index (χ1n) is 10.7. The van der Waals surface area contributed by atoms with Gasteiger partial charge in [-0.25, -0.2) is 18.0 Å². The summed E-state index contributed by atoms with van der Waals surface area (Å²) in [5.41, 5.74) is -2.98. The zero-order valence-electron chi connectivity index (χ0n) is 19.5. The van der Waals surface area contributed by atoms with Crippen molar-refractivity contribution in [3.63, 3.8) is 0 Å². The molecule has 10 nitrogen and oxygen atoms in total. The molecule has 37 heavy (non-hydrogen) atoms. The van der Waals surface area contributed by atoms with Crippen LogP contribution in [0.1, 0.15) is 27.8 Å². The smallest absolute Gasteiger partial charge is 0.353 e. The maximum absolute atomic E-state index is 15.0. The first-order valence-corrected chi connectivity index (χ1v) is 12.5. The number of aldehydes is 1. The summed E-state index contributed by atoms with van der Waals surface area (Å²) < 4.78 is 70.0. The van der Waals surface area contributed by atoms with Crippen LogP contribution in [0.15, 0.2) is 35.1 Å². The molecule has 1 aliphatic rings. The maximum Gasteiger partial charge on any atom is 0.353 e. The third kappa shape index (κ3) is 6.15. The van der Waals surface area contributed by atoms with Crippen LogP contribution in [0.2, 0.25) is 0 Å². The number of fused-ring (bicyclic) bond motifs is 1. The van der Waals surface area contributed by atoms with E-state index in [-0.39, 0.29) is 28.9 Å². The molecular weight excluding hydrogens is 519 g/mol. The van der Waals surface area contributed by atoms with E-state index in [1.165, 1.54) is 6.07 Å². The molecule has 0 spiro atoms. The lowest BCUT2D eigenvalue weighted by atomic mass is 10.0. The lowest BCUT2D eigenvalue weighted by Gasteiger charge is -2.34. The Hall–Kier alpha value is -3.75. The molecule has 1 aliphatic heterocycles. The van der Waals surface area contributed by atoms with Crippen LogP contribution >= 0.6 is 0 Å². The Morgan fingerprint density at radius 1 is 1.14 bits per heavy atom. The number of pyridine rings is 1. The maximum atomic E-state index is 15.0. The molecule has 2 heterocycles. The summed E-state index contributed by atoms with van der Waals surface area (Å²) in [6, 6.07) is 4.67. The molecule has 0 radical (unpaired) electrons. The largest absolute Gasteiger partial charge is 0.477 e. The van der Waals surface area contributed by atoms with Gasteiger partial charge in [0.2, 0.25) is 5.43 Å². The van der Waals surface area contributed by atoms with Crippen molar-refractivity contribution in [2.24, 2.45) is 0 Å². The summed E-state index contributed by atoms with van der Waals surface area (Å²) in [6.07, 6.45) is 0.750. The summed E-state index contributed by atoms with van der Waals surface area (Å²) in [6.45, 7) is 3.37. The fraction of sp³-hybridized carbons (Fsp3) is 0.261. The summed E-state index contributed by atoms with van der Waals surface area (Å²) >= 11 is 0. The molecule has 4 rings (SSSR count). The number of carbonyl (C=O) groups is 2. The molecule has 1 unspecified atom stereocenters. The van der Waals surface area contributed by atoms with Crippen molar-refractivity contribution in [1.29, 1.82) is 0 Å². The van der Waals surface area contributed by atoms with E-state index in [4.69, 9.17) is 4.55 Å². The van der Waals surface area contributed by atoms with E-state index < -0.39 is 55.9 Å². The van der Waals surface area contributed by atoms with Gasteiger partial charge in [-0.15, -0.1) is 0 Å². The number of carboxylic acid groups (broad SMARTS) is 1. The minimum absolute atomic E-state index is 0.0347. The molecule has 3 N–H and O–H groups in total. The number of carbonyl (C=O) groups excluding carboxylic acids is 1. The second-order valence-corrected chi connectivity index (χ2v) is 9.77. The van der Waals surface area contributed by atoms with Gasteiger partial charge in [0.15, 0.2) is 6.29 Å². The van der Waals surface area contributed by atoms with Gasteiger partial charge in [-0.05, 0) is 31.2 Å². The molecule has 1 aromatic heterocycles. The summed E-state index contributed by atoms with van der Waals surface area (Å²) in [5.74, 6) is -4.42. The Morgan fingerprint density at radius 3 is 2.30 bits per heavy atom. The van der Waals surface area contributed by atoms with Crippen LogP contribution in [-0.2, 0) is 10.1 Å². The zero-order valence-corrected chi connectivity index (χ0v) is 20.4. The number of aromatic carboxylic acids is 1. The first kappa shape index (κ1) is 27.8. The van der Waals surface area contributed by atoms with Gasteiger partial charge >= 0.3 is 5.97 Å². The quantitative estimate of drug-likeness (QED) is 0.334. The second kappa shape index (κ2) is 10.7. The molecule has 1 atom stereocenters. The van der Waals surface area contributed by atoms with Crippen molar-refractivity contribution in [2.75, 3.05) is 30.8 Å². The molecule has 0 bridgehead atoms. The predicted octanol–water partition coefficient (Wildman–Crippen LogP) is 2.22. The number of hydrogen-bond acceptors (Lipinski definition) is 7. The van der Waals surface area contributed by atoms with Gasteiger partial charge < -0.3 is 15.3 Å². The molecular formula is C23H22F3N3O7S. The molecule has 14 heteroatoms. The molecule has 1 fully saturated rings. The van der Waals surface area contributed by atoms with E-state index in [9.17, 15) is 36.7 Å². The molecule has 0 amide bonds. The SMILES string of the molecule is CC1CN(c2cc3c(cc2F)c(=O)c(C=O)c(C(=O)O)n3-c2ccc(F)cc2F)CCN1.CS(=O)(=O)O. The molecule has 1 saturated heterocycles. The van der Waals surface area contributed by atoms with E-state index in [0.29, 0.717) is 32.0 Å². The fourth-order valence-electron chi connectivity index (χ4n) is 4.04. The molecule has 0 aliphatic carbocycles. The number of piperazine rings is 1. The van der Waals surface area contributed by atoms with Crippen LogP contribution in [0.4, 0.5) is 18.9 Å². The monoisotopic (exact) mass is 541 g/mol. The van der Waals surface area contributed by atoms with E-state index in [0.717, 1.165) is 22.8 Å². The fourth-order valence-corrected chi connectivity index (χ4v) is 4.04. The van der Waals surface area contributed by atoms with Gasteiger partial charge in [0.1, 0.15) is 23.1 Å². The Bertz CT molecular complexity index is 1550. The summed E-state index contributed by atoms with van der Waals surface area (Å²) in [4.78, 5) is 38.2. The lowest BCUT2D eigenvalue weighted by Crippen LogP contribution is -2.49. The number of aromatic nitrogens is 1. The number of carboxylic acids is 1. The van der Waals surface area contributed by atoms with Gasteiger partial charge in [-0.1, -0.05) is 0 Å². The highest BCUT2D eigenvalue weighted by Crippen LogP contribution is 2.30. The topological polar surface area (TPSA) is 146 Å². The number of nitrogens with one attached hydrogen (secondary N) is 1. The molecule has 0 saturated carbocycles. The zero-order chi connectivity index (χ0) is 27.7. The van der Waals surface area contributed by atoms with Crippen LogP contribution < -0.4 is 15.6 Å². The summed E-state index contributed by atoms with van der Waals surface area (Å²) in [5, 5.41) is 12.7. The minimum Gasteiger partial charge on any atom is -0.477 e.